The minimum absolute atomic E-state index is 0.163. The van der Waals surface area contributed by atoms with E-state index < -0.39 is 5.41 Å². The highest BCUT2D eigenvalue weighted by Gasteiger charge is 2.57. The van der Waals surface area contributed by atoms with E-state index >= 15 is 0 Å². The van der Waals surface area contributed by atoms with Gasteiger partial charge in [0.05, 0.1) is 12.8 Å². The molecule has 2 aliphatic carbocycles. The van der Waals surface area contributed by atoms with E-state index in [1.54, 1.807) is 18.2 Å². The van der Waals surface area contributed by atoms with Gasteiger partial charge < -0.3 is 15.4 Å². The first-order chi connectivity index (χ1) is 10.0. The van der Waals surface area contributed by atoms with Crippen LogP contribution in [0.5, 0.6) is 5.75 Å². The summed E-state index contributed by atoms with van der Waals surface area (Å²) in [6, 6.07) is 5.24. The van der Waals surface area contributed by atoms with Crippen LogP contribution < -0.4 is 15.4 Å². The molecule has 2 N–H and O–H groups in total. The van der Waals surface area contributed by atoms with Gasteiger partial charge in [0.25, 0.3) is 0 Å². The molecule has 0 aromatic heterocycles. The van der Waals surface area contributed by atoms with E-state index in [9.17, 15) is 9.59 Å². The molecular weight excluding hydrogens is 292 g/mol. The fraction of sp³-hybridized carbons (Fsp3) is 0.467. The SMILES string of the molecule is COc1ccc(Cl)cc1NC(=O)C1(C(=O)NC2CC2)CC1. The zero-order valence-electron chi connectivity index (χ0n) is 11.7. The molecule has 0 radical (unpaired) electrons. The van der Waals surface area contributed by atoms with Crippen molar-refractivity contribution >= 4 is 29.1 Å². The molecule has 1 aromatic rings. The number of hydrogen-bond donors (Lipinski definition) is 2. The van der Waals surface area contributed by atoms with Gasteiger partial charge in [-0.15, -0.1) is 0 Å². The van der Waals surface area contributed by atoms with E-state index in [4.69, 9.17) is 16.3 Å². The van der Waals surface area contributed by atoms with Gasteiger partial charge in [-0.1, -0.05) is 11.6 Å². The van der Waals surface area contributed by atoms with Crippen molar-refractivity contribution in [2.75, 3.05) is 12.4 Å². The van der Waals surface area contributed by atoms with Crippen LogP contribution in [0.15, 0.2) is 18.2 Å². The molecule has 0 bridgehead atoms. The number of methoxy groups -OCH3 is 1. The first kappa shape index (κ1) is 14.2. The number of benzene rings is 1. The van der Waals surface area contributed by atoms with Gasteiger partial charge in [0.15, 0.2) is 0 Å². The average molecular weight is 309 g/mol. The Hall–Kier alpha value is -1.75. The van der Waals surface area contributed by atoms with Crippen LogP contribution in [0.2, 0.25) is 5.02 Å². The van der Waals surface area contributed by atoms with Crippen molar-refractivity contribution in [1.29, 1.82) is 0 Å². The summed E-state index contributed by atoms with van der Waals surface area (Å²) in [6.45, 7) is 0. The van der Waals surface area contributed by atoms with E-state index in [0.29, 0.717) is 29.3 Å². The third kappa shape index (κ3) is 2.83. The van der Waals surface area contributed by atoms with Crippen LogP contribution >= 0.6 is 11.6 Å². The lowest BCUT2D eigenvalue weighted by molar-refractivity contribution is -0.134. The van der Waals surface area contributed by atoms with Gasteiger partial charge in [0.2, 0.25) is 11.8 Å². The quantitative estimate of drug-likeness (QED) is 0.821. The van der Waals surface area contributed by atoms with Gasteiger partial charge in [-0.25, -0.2) is 0 Å². The van der Waals surface area contributed by atoms with Crippen molar-refractivity contribution in [2.45, 2.75) is 31.7 Å². The van der Waals surface area contributed by atoms with Crippen LogP contribution in [0.4, 0.5) is 5.69 Å². The Balaban J connectivity index is 1.73. The predicted molar refractivity (Wildman–Crippen MR) is 79.5 cm³/mol. The zero-order chi connectivity index (χ0) is 15.0. The molecule has 0 unspecified atom stereocenters. The summed E-state index contributed by atoms with van der Waals surface area (Å²) in [6.07, 6.45) is 3.18. The number of ether oxygens (including phenoxy) is 1. The Morgan fingerprint density at radius 2 is 2.00 bits per heavy atom. The summed E-state index contributed by atoms with van der Waals surface area (Å²) < 4.78 is 5.20. The Morgan fingerprint density at radius 1 is 1.29 bits per heavy atom. The van der Waals surface area contributed by atoms with Crippen molar-refractivity contribution in [3.8, 4) is 5.75 Å². The van der Waals surface area contributed by atoms with Crippen molar-refractivity contribution in [1.82, 2.24) is 5.32 Å². The average Bonchev–Trinajstić information content (AvgIpc) is 3.33. The van der Waals surface area contributed by atoms with Crippen LogP contribution in [-0.4, -0.2) is 25.0 Å². The molecule has 2 fully saturated rings. The lowest BCUT2D eigenvalue weighted by atomic mass is 10.0. The fourth-order valence-corrected chi connectivity index (χ4v) is 2.43. The Bertz CT molecular complexity index is 595. The van der Waals surface area contributed by atoms with Gasteiger partial charge in [0, 0.05) is 11.1 Å². The molecule has 2 amide bonds. The highest BCUT2D eigenvalue weighted by atomic mass is 35.5. The van der Waals surface area contributed by atoms with Crippen LogP contribution in [0.1, 0.15) is 25.7 Å². The van der Waals surface area contributed by atoms with Gasteiger partial charge in [-0.05, 0) is 43.9 Å². The summed E-state index contributed by atoms with van der Waals surface area (Å²) in [7, 11) is 1.52. The second kappa shape index (κ2) is 5.22. The summed E-state index contributed by atoms with van der Waals surface area (Å²) in [5, 5.41) is 6.18. The number of halogens is 1. The first-order valence-corrected chi connectivity index (χ1v) is 7.39. The molecule has 112 valence electrons. The van der Waals surface area contributed by atoms with Crippen LogP contribution in [0.3, 0.4) is 0 Å². The number of hydrogen-bond acceptors (Lipinski definition) is 3. The van der Waals surface area contributed by atoms with Crippen LogP contribution in [-0.2, 0) is 9.59 Å². The molecule has 6 heteroatoms. The predicted octanol–water partition coefficient (Wildman–Crippen LogP) is 2.35. The minimum Gasteiger partial charge on any atom is -0.495 e. The fourth-order valence-electron chi connectivity index (χ4n) is 2.25. The smallest absolute Gasteiger partial charge is 0.240 e. The summed E-state index contributed by atoms with van der Waals surface area (Å²) >= 11 is 5.94. The van der Waals surface area contributed by atoms with Crippen molar-refractivity contribution in [3.05, 3.63) is 23.2 Å². The molecule has 0 aliphatic heterocycles. The summed E-state index contributed by atoms with van der Waals surface area (Å²) in [5.41, 5.74) is -0.434. The Morgan fingerprint density at radius 3 is 2.57 bits per heavy atom. The van der Waals surface area contributed by atoms with Crippen molar-refractivity contribution in [2.24, 2.45) is 5.41 Å². The van der Waals surface area contributed by atoms with E-state index in [-0.39, 0.29) is 17.9 Å². The van der Waals surface area contributed by atoms with E-state index in [2.05, 4.69) is 10.6 Å². The lowest BCUT2D eigenvalue weighted by Gasteiger charge is -2.16. The Labute approximate surface area is 128 Å². The topological polar surface area (TPSA) is 67.4 Å². The lowest BCUT2D eigenvalue weighted by Crippen LogP contribution is -2.40. The molecule has 21 heavy (non-hydrogen) atoms. The number of carbonyl (C=O) groups excluding carboxylic acids is 2. The summed E-state index contributed by atoms with van der Waals surface area (Å²) in [4.78, 5) is 24.7. The first-order valence-electron chi connectivity index (χ1n) is 7.01. The number of amides is 2. The van der Waals surface area contributed by atoms with Gasteiger partial charge in [-0.2, -0.15) is 0 Å². The molecule has 1 aromatic carbocycles. The largest absolute Gasteiger partial charge is 0.495 e. The van der Waals surface area contributed by atoms with E-state index in [0.717, 1.165) is 12.8 Å². The van der Waals surface area contributed by atoms with Gasteiger partial charge >= 0.3 is 0 Å². The normalized spacial score (nSPS) is 18.8. The molecular formula is C15H17ClN2O3. The minimum atomic E-state index is -0.921. The highest BCUT2D eigenvalue weighted by Crippen LogP contribution is 2.47. The molecule has 2 aliphatic rings. The monoisotopic (exact) mass is 308 g/mol. The molecule has 5 nitrogen and oxygen atoms in total. The third-order valence-electron chi connectivity index (χ3n) is 3.94. The third-order valence-corrected chi connectivity index (χ3v) is 4.18. The maximum absolute atomic E-state index is 12.4. The molecule has 0 atom stereocenters. The summed E-state index contributed by atoms with van der Waals surface area (Å²) in [5.74, 6) is 0.0656. The van der Waals surface area contributed by atoms with Gasteiger partial charge in [0.1, 0.15) is 11.2 Å². The van der Waals surface area contributed by atoms with E-state index in [1.165, 1.54) is 7.11 Å². The van der Waals surface area contributed by atoms with E-state index in [1.807, 2.05) is 0 Å². The standard InChI is InChI=1S/C15H17ClN2O3/c1-21-12-5-2-9(16)8-11(12)18-14(20)15(6-7-15)13(19)17-10-3-4-10/h2,5,8,10H,3-4,6-7H2,1H3,(H,17,19)(H,18,20). The maximum Gasteiger partial charge on any atom is 0.240 e. The maximum atomic E-state index is 12.4. The number of rotatable bonds is 5. The van der Waals surface area contributed by atoms with Gasteiger partial charge in [-0.3, -0.25) is 9.59 Å². The Kier molecular flexibility index (Phi) is 3.53. The number of anilines is 1. The van der Waals surface area contributed by atoms with Crippen molar-refractivity contribution < 1.29 is 14.3 Å². The van der Waals surface area contributed by atoms with Crippen molar-refractivity contribution in [3.63, 3.8) is 0 Å². The molecule has 2 saturated carbocycles. The number of nitrogens with one attached hydrogen (secondary N) is 2. The molecule has 0 saturated heterocycles. The second-order valence-electron chi connectivity index (χ2n) is 5.63. The molecule has 3 rings (SSSR count). The number of carbonyl (C=O) groups is 2. The zero-order valence-corrected chi connectivity index (χ0v) is 12.5. The van der Waals surface area contributed by atoms with Crippen LogP contribution in [0.25, 0.3) is 0 Å². The van der Waals surface area contributed by atoms with Crippen LogP contribution in [0, 0.1) is 5.41 Å². The second-order valence-corrected chi connectivity index (χ2v) is 6.07. The highest BCUT2D eigenvalue weighted by molar-refractivity contribution is 6.31. The molecule has 0 spiro atoms. The molecule has 0 heterocycles.